The van der Waals surface area contributed by atoms with Crippen LogP contribution < -0.4 is 5.32 Å². The first-order valence-corrected chi connectivity index (χ1v) is 5.59. The molecule has 11 heteroatoms. The molecule has 1 aromatic rings. The van der Waals surface area contributed by atoms with Gasteiger partial charge in [-0.15, -0.1) is 0 Å². The third kappa shape index (κ3) is 6.49. The second-order valence-corrected chi connectivity index (χ2v) is 4.06. The maximum absolute atomic E-state index is 12.2. The molecular weight excluding hydrogens is 320 g/mol. The van der Waals surface area contributed by atoms with Crippen LogP contribution in [0, 0.1) is 11.8 Å². The summed E-state index contributed by atoms with van der Waals surface area (Å²) in [4.78, 5) is 14.2. The monoisotopic (exact) mass is 329 g/mol. The molecule has 1 atom stereocenters. The van der Waals surface area contributed by atoms with E-state index in [1.165, 1.54) is 0 Å². The molecule has 0 aromatic carbocycles. The van der Waals surface area contributed by atoms with E-state index in [0.717, 1.165) is 12.5 Å². The molecule has 2 N–H and O–H groups in total. The minimum absolute atomic E-state index is 0.266. The van der Waals surface area contributed by atoms with Crippen molar-refractivity contribution in [1.29, 1.82) is 0 Å². The van der Waals surface area contributed by atoms with Crippen LogP contribution in [0.4, 0.5) is 26.3 Å². The Balaban J connectivity index is 2.86. The van der Waals surface area contributed by atoms with Gasteiger partial charge in [0.05, 0.1) is 19.1 Å². The topological polar surface area (TPSA) is 67.1 Å². The van der Waals surface area contributed by atoms with Gasteiger partial charge in [-0.1, -0.05) is 5.92 Å². The van der Waals surface area contributed by atoms with Crippen molar-refractivity contribution in [3.8, 4) is 11.8 Å². The highest BCUT2D eigenvalue weighted by molar-refractivity contribution is 5.77. The SMILES string of the molecule is O=C(O)[C@H](C#Cc1cncn1CC(F)(F)F)NCC(F)(F)F. The molecule has 0 bridgehead atoms. The van der Waals surface area contributed by atoms with E-state index < -0.39 is 37.5 Å². The number of carboxylic acid groups (broad SMARTS) is 1. The van der Waals surface area contributed by atoms with Gasteiger partial charge in [-0.3, -0.25) is 5.32 Å². The lowest BCUT2D eigenvalue weighted by atomic mass is 10.3. The molecule has 0 unspecified atom stereocenters. The average molecular weight is 329 g/mol. The molecule has 0 saturated heterocycles. The van der Waals surface area contributed by atoms with Crippen molar-refractivity contribution in [3.63, 3.8) is 0 Å². The Bertz CT molecular complexity index is 581. The normalized spacial score (nSPS) is 13.4. The Morgan fingerprint density at radius 1 is 1.32 bits per heavy atom. The Hall–Kier alpha value is -2.22. The van der Waals surface area contributed by atoms with Crippen molar-refractivity contribution < 1.29 is 36.2 Å². The summed E-state index contributed by atoms with van der Waals surface area (Å²) in [7, 11) is 0. The van der Waals surface area contributed by atoms with Gasteiger partial charge in [0.15, 0.2) is 6.04 Å². The fraction of sp³-hybridized carbons (Fsp3) is 0.455. The van der Waals surface area contributed by atoms with Crippen molar-refractivity contribution in [1.82, 2.24) is 14.9 Å². The minimum Gasteiger partial charge on any atom is -0.479 e. The maximum atomic E-state index is 12.2. The number of aromatic nitrogens is 2. The Kier molecular flexibility index (Phi) is 5.43. The standard InChI is InChI=1S/C11H9F6N3O2/c12-10(13,14)4-19-8(9(21)22)2-1-7-3-18-6-20(7)5-11(15,16)17/h3,6,8,19H,4-5H2,(H,21,22)/t8-/m0/s1. The lowest BCUT2D eigenvalue weighted by Gasteiger charge is -2.11. The van der Waals surface area contributed by atoms with Gasteiger partial charge < -0.3 is 9.67 Å². The summed E-state index contributed by atoms with van der Waals surface area (Å²) >= 11 is 0. The number of halogens is 6. The summed E-state index contributed by atoms with van der Waals surface area (Å²) in [5.74, 6) is 2.32. The van der Waals surface area contributed by atoms with E-state index in [1.54, 1.807) is 5.32 Å². The first-order valence-electron chi connectivity index (χ1n) is 5.59. The summed E-state index contributed by atoms with van der Waals surface area (Å²) in [6.45, 7) is -2.99. The van der Waals surface area contributed by atoms with E-state index in [1.807, 2.05) is 5.92 Å². The predicted octanol–water partition coefficient (Wildman–Crippen LogP) is 1.40. The molecule has 5 nitrogen and oxygen atoms in total. The summed E-state index contributed by atoms with van der Waals surface area (Å²) in [5.41, 5.74) is -0.266. The van der Waals surface area contributed by atoms with Crippen molar-refractivity contribution >= 4 is 5.97 Å². The number of carboxylic acids is 1. The average Bonchev–Trinajstić information content (AvgIpc) is 2.72. The highest BCUT2D eigenvalue weighted by atomic mass is 19.4. The van der Waals surface area contributed by atoms with Crippen molar-refractivity contribution in [3.05, 3.63) is 18.2 Å². The summed E-state index contributed by atoms with van der Waals surface area (Å²) in [6, 6.07) is -1.88. The third-order valence-corrected chi connectivity index (χ3v) is 2.16. The van der Waals surface area contributed by atoms with Crippen LogP contribution in [0.3, 0.4) is 0 Å². The molecule has 0 aliphatic rings. The van der Waals surface area contributed by atoms with Crippen molar-refractivity contribution in [2.45, 2.75) is 24.9 Å². The highest BCUT2D eigenvalue weighted by Crippen LogP contribution is 2.18. The zero-order valence-electron chi connectivity index (χ0n) is 10.7. The van der Waals surface area contributed by atoms with Gasteiger partial charge >= 0.3 is 18.3 Å². The van der Waals surface area contributed by atoms with Crippen LogP contribution in [0.2, 0.25) is 0 Å². The lowest BCUT2D eigenvalue weighted by Crippen LogP contribution is -2.41. The zero-order chi connectivity index (χ0) is 17.0. The Morgan fingerprint density at radius 2 is 1.95 bits per heavy atom. The fourth-order valence-corrected chi connectivity index (χ4v) is 1.31. The smallest absolute Gasteiger partial charge is 0.406 e. The Labute approximate surface area is 119 Å². The van der Waals surface area contributed by atoms with Crippen molar-refractivity contribution in [2.24, 2.45) is 0 Å². The Morgan fingerprint density at radius 3 is 2.45 bits per heavy atom. The molecule has 0 fully saturated rings. The molecule has 1 rings (SSSR count). The number of carbonyl (C=O) groups is 1. The van der Waals surface area contributed by atoms with E-state index in [9.17, 15) is 31.1 Å². The first kappa shape index (κ1) is 17.8. The van der Waals surface area contributed by atoms with E-state index in [-0.39, 0.29) is 5.69 Å². The fourth-order valence-electron chi connectivity index (χ4n) is 1.31. The van der Waals surface area contributed by atoms with Crippen LogP contribution in [0.5, 0.6) is 0 Å². The number of aliphatic carboxylic acids is 1. The second-order valence-electron chi connectivity index (χ2n) is 4.06. The summed E-state index contributed by atoms with van der Waals surface area (Å²) in [5, 5.41) is 10.4. The molecular formula is C11H9F6N3O2. The molecule has 22 heavy (non-hydrogen) atoms. The van der Waals surface area contributed by atoms with Gasteiger partial charge in [0.1, 0.15) is 12.2 Å². The highest BCUT2D eigenvalue weighted by Gasteiger charge is 2.30. The molecule has 0 spiro atoms. The van der Waals surface area contributed by atoms with Crippen LogP contribution in [0.15, 0.2) is 12.5 Å². The lowest BCUT2D eigenvalue weighted by molar-refractivity contribution is -0.142. The number of hydrogen-bond donors (Lipinski definition) is 2. The maximum Gasteiger partial charge on any atom is 0.406 e. The molecule has 0 aliphatic heterocycles. The van der Waals surface area contributed by atoms with Gasteiger partial charge in [-0.05, 0) is 5.92 Å². The van der Waals surface area contributed by atoms with E-state index in [4.69, 9.17) is 5.11 Å². The molecule has 0 radical (unpaired) electrons. The second kappa shape index (κ2) is 6.69. The minimum atomic E-state index is -4.65. The van der Waals surface area contributed by atoms with Crippen LogP contribution in [-0.4, -0.2) is 45.6 Å². The number of hydrogen-bond acceptors (Lipinski definition) is 3. The molecule has 1 aromatic heterocycles. The van der Waals surface area contributed by atoms with Gasteiger partial charge in [0.2, 0.25) is 0 Å². The van der Waals surface area contributed by atoms with Gasteiger partial charge in [-0.25, -0.2) is 9.78 Å². The molecule has 1 heterocycles. The number of rotatable bonds is 4. The largest absolute Gasteiger partial charge is 0.479 e. The molecule has 0 aliphatic carbocycles. The van der Waals surface area contributed by atoms with E-state index in [0.29, 0.717) is 4.57 Å². The number of alkyl halides is 6. The quantitative estimate of drug-likeness (QED) is 0.647. The zero-order valence-corrected chi connectivity index (χ0v) is 10.7. The summed E-state index contributed by atoms with van der Waals surface area (Å²) < 4.78 is 73.4. The number of nitrogens with zero attached hydrogens (tertiary/aromatic N) is 2. The summed E-state index contributed by atoms with van der Waals surface area (Å²) in [6.07, 6.45) is -7.41. The third-order valence-electron chi connectivity index (χ3n) is 2.16. The first-order chi connectivity index (χ1) is 9.98. The molecule has 0 amide bonds. The van der Waals surface area contributed by atoms with Crippen LogP contribution in [0.25, 0.3) is 0 Å². The van der Waals surface area contributed by atoms with E-state index >= 15 is 0 Å². The van der Waals surface area contributed by atoms with Crippen LogP contribution in [0.1, 0.15) is 5.69 Å². The van der Waals surface area contributed by atoms with Crippen LogP contribution in [-0.2, 0) is 11.3 Å². The van der Waals surface area contributed by atoms with Gasteiger partial charge in [0, 0.05) is 0 Å². The number of imidazole rings is 1. The predicted molar refractivity (Wildman–Crippen MR) is 60.6 cm³/mol. The molecule has 0 saturated carbocycles. The van der Waals surface area contributed by atoms with Crippen molar-refractivity contribution in [2.75, 3.05) is 6.54 Å². The van der Waals surface area contributed by atoms with Gasteiger partial charge in [0.25, 0.3) is 0 Å². The molecule has 122 valence electrons. The van der Waals surface area contributed by atoms with Crippen LogP contribution >= 0.6 is 0 Å². The number of nitrogens with one attached hydrogen (secondary N) is 1. The van der Waals surface area contributed by atoms with Gasteiger partial charge in [-0.2, -0.15) is 26.3 Å². The van der Waals surface area contributed by atoms with E-state index in [2.05, 4.69) is 10.9 Å².